The molecule has 0 saturated carbocycles. The van der Waals surface area contributed by atoms with E-state index < -0.39 is 59.2 Å². The molecule has 1 aliphatic heterocycles. The molecule has 20 heavy (non-hydrogen) atoms. The van der Waals surface area contributed by atoms with Crippen molar-refractivity contribution in [3.8, 4) is 0 Å². The van der Waals surface area contributed by atoms with Crippen molar-refractivity contribution in [2.24, 2.45) is 5.92 Å². The van der Waals surface area contributed by atoms with Gasteiger partial charge >= 0.3 is 0 Å². The van der Waals surface area contributed by atoms with E-state index in [2.05, 4.69) is 0 Å². The molecular formula is C12H25O7S+. The number of aliphatic hydroxyl groups excluding tert-OH is 7. The minimum Gasteiger partial charge on any atom is -0.394 e. The van der Waals surface area contributed by atoms with E-state index in [9.17, 15) is 30.6 Å². The van der Waals surface area contributed by atoms with Crippen LogP contribution in [0.1, 0.15) is 6.92 Å². The third-order valence-electron chi connectivity index (χ3n) is 3.88. The van der Waals surface area contributed by atoms with Gasteiger partial charge in [-0.1, -0.05) is 6.92 Å². The van der Waals surface area contributed by atoms with Crippen LogP contribution in [0.25, 0.3) is 0 Å². The predicted octanol–water partition coefficient (Wildman–Crippen LogP) is -3.59. The SMILES string of the molecule is CC([C@H](O)C(O)CO)[C@H](O)C[S+]1C[C@@H](O)[C@H](O)[C@H]1CO. The Morgan fingerprint density at radius 3 is 2.20 bits per heavy atom. The van der Waals surface area contributed by atoms with Gasteiger partial charge in [-0.15, -0.1) is 0 Å². The van der Waals surface area contributed by atoms with Crippen molar-refractivity contribution in [1.29, 1.82) is 0 Å². The zero-order chi connectivity index (χ0) is 15.4. The highest BCUT2D eigenvalue weighted by atomic mass is 32.2. The fourth-order valence-corrected chi connectivity index (χ4v) is 5.14. The fraction of sp³-hybridized carbons (Fsp3) is 1.00. The number of rotatable bonds is 7. The van der Waals surface area contributed by atoms with Crippen LogP contribution in [0.5, 0.6) is 0 Å². The van der Waals surface area contributed by atoms with Crippen molar-refractivity contribution in [3.05, 3.63) is 0 Å². The molecule has 120 valence electrons. The zero-order valence-corrected chi connectivity index (χ0v) is 12.2. The summed E-state index contributed by atoms with van der Waals surface area (Å²) in [5, 5.41) is 66.0. The molecule has 0 aliphatic carbocycles. The summed E-state index contributed by atoms with van der Waals surface area (Å²) in [6.07, 6.45) is -5.45. The molecule has 0 bridgehead atoms. The van der Waals surface area contributed by atoms with E-state index in [4.69, 9.17) is 5.11 Å². The Labute approximate surface area is 120 Å². The Hall–Kier alpha value is 0.0700. The first-order valence-corrected chi connectivity index (χ1v) is 8.24. The molecule has 0 aromatic carbocycles. The lowest BCUT2D eigenvalue weighted by atomic mass is 9.95. The second kappa shape index (κ2) is 7.90. The van der Waals surface area contributed by atoms with E-state index in [0.29, 0.717) is 5.75 Å². The average Bonchev–Trinajstić information content (AvgIpc) is 2.70. The van der Waals surface area contributed by atoms with Crippen molar-refractivity contribution < 1.29 is 35.7 Å². The van der Waals surface area contributed by atoms with Crippen molar-refractivity contribution >= 4 is 10.9 Å². The Morgan fingerprint density at radius 2 is 1.70 bits per heavy atom. The lowest BCUT2D eigenvalue weighted by molar-refractivity contribution is -0.0646. The van der Waals surface area contributed by atoms with Gasteiger partial charge in [0.25, 0.3) is 0 Å². The van der Waals surface area contributed by atoms with Crippen LogP contribution in [-0.2, 0) is 10.9 Å². The highest BCUT2D eigenvalue weighted by molar-refractivity contribution is 7.97. The first kappa shape index (κ1) is 18.1. The lowest BCUT2D eigenvalue weighted by Gasteiger charge is -2.26. The number of hydrogen-bond acceptors (Lipinski definition) is 7. The maximum absolute atomic E-state index is 10.1. The van der Waals surface area contributed by atoms with Gasteiger partial charge in [-0.3, -0.25) is 0 Å². The fourth-order valence-electron chi connectivity index (χ4n) is 2.35. The second-order valence-electron chi connectivity index (χ2n) is 5.32. The van der Waals surface area contributed by atoms with Crippen molar-refractivity contribution in [2.45, 2.75) is 42.7 Å². The molecule has 0 spiro atoms. The Bertz CT molecular complexity index is 293. The summed E-state index contributed by atoms with van der Waals surface area (Å²) in [5.74, 6) is -0.149. The van der Waals surface area contributed by atoms with Crippen molar-refractivity contribution in [1.82, 2.24) is 0 Å². The van der Waals surface area contributed by atoms with E-state index in [-0.39, 0.29) is 12.4 Å². The Kier molecular flexibility index (Phi) is 7.16. The monoisotopic (exact) mass is 313 g/mol. The van der Waals surface area contributed by atoms with Gasteiger partial charge in [0.15, 0.2) is 5.25 Å². The summed E-state index contributed by atoms with van der Waals surface area (Å²) in [6.45, 7) is 0.680. The standard InChI is InChI=1S/C12H25O7S/c1-6(11(18)7(15)2-13)8(16)4-20-5-9(17)12(19)10(20)3-14/h6-19H,2-5H2,1H3/q+1/t6?,7?,8-,9-,10-,11+,12+,20?/m1/s1. The van der Waals surface area contributed by atoms with Crippen LogP contribution in [0, 0.1) is 5.92 Å². The molecule has 1 heterocycles. The predicted molar refractivity (Wildman–Crippen MR) is 74.3 cm³/mol. The lowest BCUT2D eigenvalue weighted by Crippen LogP contribution is -2.44. The molecule has 0 radical (unpaired) electrons. The molecule has 1 saturated heterocycles. The van der Waals surface area contributed by atoms with E-state index >= 15 is 0 Å². The average molecular weight is 313 g/mol. The van der Waals surface area contributed by atoms with Crippen LogP contribution < -0.4 is 0 Å². The van der Waals surface area contributed by atoms with Crippen molar-refractivity contribution in [2.75, 3.05) is 24.7 Å². The summed E-state index contributed by atoms with van der Waals surface area (Å²) in [6, 6.07) is 0. The first-order valence-electron chi connectivity index (χ1n) is 6.61. The highest BCUT2D eigenvalue weighted by Crippen LogP contribution is 2.26. The molecule has 8 atom stereocenters. The van der Waals surface area contributed by atoms with Crippen LogP contribution in [0.15, 0.2) is 0 Å². The maximum atomic E-state index is 10.1. The molecule has 1 aliphatic rings. The molecule has 3 unspecified atom stereocenters. The molecule has 1 fully saturated rings. The molecule has 0 amide bonds. The molecule has 7 N–H and O–H groups in total. The van der Waals surface area contributed by atoms with Gasteiger partial charge in [-0.25, -0.2) is 0 Å². The van der Waals surface area contributed by atoms with Crippen LogP contribution in [-0.4, -0.2) is 96.2 Å². The maximum Gasteiger partial charge on any atom is 0.169 e. The van der Waals surface area contributed by atoms with E-state index in [1.54, 1.807) is 6.92 Å². The largest absolute Gasteiger partial charge is 0.394 e. The van der Waals surface area contributed by atoms with Gasteiger partial charge in [0.1, 0.15) is 35.9 Å². The second-order valence-corrected chi connectivity index (χ2v) is 7.66. The molecule has 1 rings (SSSR count). The van der Waals surface area contributed by atoms with Gasteiger partial charge in [-0.05, 0) is 0 Å². The van der Waals surface area contributed by atoms with Gasteiger partial charge in [0.2, 0.25) is 0 Å². The van der Waals surface area contributed by atoms with Crippen molar-refractivity contribution in [3.63, 3.8) is 0 Å². The minimum atomic E-state index is -1.32. The quantitative estimate of drug-likeness (QED) is 0.241. The Morgan fingerprint density at radius 1 is 1.10 bits per heavy atom. The molecule has 0 aromatic rings. The molecule has 8 heteroatoms. The zero-order valence-electron chi connectivity index (χ0n) is 11.4. The molecular weight excluding hydrogens is 288 g/mol. The topological polar surface area (TPSA) is 142 Å². The summed E-state index contributed by atoms with van der Waals surface area (Å²) in [4.78, 5) is 0. The van der Waals surface area contributed by atoms with Gasteiger partial charge in [-0.2, -0.15) is 0 Å². The van der Waals surface area contributed by atoms with E-state index in [0.717, 1.165) is 0 Å². The van der Waals surface area contributed by atoms with Crippen LogP contribution in [0.3, 0.4) is 0 Å². The third kappa shape index (κ3) is 4.05. The van der Waals surface area contributed by atoms with Crippen LogP contribution in [0.2, 0.25) is 0 Å². The summed E-state index contributed by atoms with van der Waals surface area (Å²) < 4.78 is 0. The summed E-state index contributed by atoms with van der Waals surface area (Å²) >= 11 is 0. The minimum absolute atomic E-state index is 0.218. The Balaban J connectivity index is 2.59. The highest BCUT2D eigenvalue weighted by Gasteiger charge is 2.50. The van der Waals surface area contributed by atoms with E-state index in [1.165, 1.54) is 0 Å². The molecule has 7 nitrogen and oxygen atoms in total. The van der Waals surface area contributed by atoms with E-state index in [1.807, 2.05) is 0 Å². The van der Waals surface area contributed by atoms with Crippen LogP contribution in [0.4, 0.5) is 0 Å². The third-order valence-corrected chi connectivity index (χ3v) is 6.70. The van der Waals surface area contributed by atoms with Gasteiger partial charge in [0.05, 0.1) is 19.3 Å². The normalized spacial score (nSPS) is 36.6. The summed E-state index contributed by atoms with van der Waals surface area (Å²) in [7, 11) is -0.563. The number of hydrogen-bond donors (Lipinski definition) is 7. The summed E-state index contributed by atoms with van der Waals surface area (Å²) in [5.41, 5.74) is 0. The smallest absolute Gasteiger partial charge is 0.169 e. The molecule has 0 aromatic heterocycles. The van der Waals surface area contributed by atoms with Crippen LogP contribution >= 0.6 is 0 Å². The van der Waals surface area contributed by atoms with Gasteiger partial charge < -0.3 is 35.7 Å². The van der Waals surface area contributed by atoms with Gasteiger partial charge in [0, 0.05) is 16.8 Å². The number of aliphatic hydroxyl groups is 7. The first-order chi connectivity index (χ1) is 9.33.